The Balaban J connectivity index is 2.13. The molecule has 0 saturated heterocycles. The second-order valence-electron chi connectivity index (χ2n) is 6.37. The predicted octanol–water partition coefficient (Wildman–Crippen LogP) is 3.55. The van der Waals surface area contributed by atoms with Crippen LogP contribution in [0.2, 0.25) is 0 Å². The summed E-state index contributed by atoms with van der Waals surface area (Å²) in [6.45, 7) is 10.9. The van der Waals surface area contributed by atoms with E-state index < -0.39 is 0 Å². The van der Waals surface area contributed by atoms with E-state index in [1.807, 2.05) is 13.0 Å². The molecule has 0 aliphatic heterocycles. The quantitative estimate of drug-likeness (QED) is 0.936. The number of hydrogen-bond acceptors (Lipinski definition) is 4. The molecule has 21 heavy (non-hydrogen) atoms. The third-order valence-electron chi connectivity index (χ3n) is 3.32. The molecule has 0 amide bonds. The summed E-state index contributed by atoms with van der Waals surface area (Å²) in [4.78, 5) is 8.50. The molecule has 0 aliphatic rings. The number of aryl methyl sites for hydroxylation is 2. The highest BCUT2D eigenvalue weighted by Crippen LogP contribution is 2.27. The normalized spacial score (nSPS) is 11.5. The molecule has 0 unspecified atom stereocenters. The van der Waals surface area contributed by atoms with E-state index in [9.17, 15) is 0 Å². The molecule has 1 heterocycles. The van der Waals surface area contributed by atoms with Crippen molar-refractivity contribution in [3.8, 4) is 5.75 Å². The molecular formula is C17H23N3O. The lowest BCUT2D eigenvalue weighted by atomic mass is 9.86. The Hall–Kier alpha value is -2.10. The maximum Gasteiger partial charge on any atom is 0.168 e. The Morgan fingerprint density at radius 2 is 1.81 bits per heavy atom. The van der Waals surface area contributed by atoms with Gasteiger partial charge >= 0.3 is 0 Å². The van der Waals surface area contributed by atoms with Gasteiger partial charge in [0.2, 0.25) is 0 Å². The van der Waals surface area contributed by atoms with Crippen LogP contribution in [0.4, 0.5) is 5.82 Å². The van der Waals surface area contributed by atoms with E-state index in [1.165, 1.54) is 5.56 Å². The van der Waals surface area contributed by atoms with E-state index in [0.29, 0.717) is 18.2 Å². The maximum absolute atomic E-state index is 5.82. The van der Waals surface area contributed by atoms with Crippen molar-refractivity contribution in [2.45, 2.75) is 46.6 Å². The topological polar surface area (TPSA) is 61.0 Å². The zero-order valence-electron chi connectivity index (χ0n) is 13.4. The van der Waals surface area contributed by atoms with Gasteiger partial charge in [0.15, 0.2) is 5.82 Å². The average Bonchev–Trinajstić information content (AvgIpc) is 2.35. The standard InChI is InChI=1S/C17H23N3O/c1-11-8-13(17(3,4)5)6-7-14(11)21-10-16-19-12(2)9-15(18)20-16/h6-9H,10H2,1-5H3,(H2,18,19,20). The van der Waals surface area contributed by atoms with Crippen LogP contribution in [0.1, 0.15) is 43.4 Å². The highest BCUT2D eigenvalue weighted by atomic mass is 16.5. The van der Waals surface area contributed by atoms with Gasteiger partial charge in [0.25, 0.3) is 0 Å². The largest absolute Gasteiger partial charge is 0.485 e. The number of ether oxygens (including phenoxy) is 1. The highest BCUT2D eigenvalue weighted by Gasteiger charge is 2.14. The van der Waals surface area contributed by atoms with Crippen molar-refractivity contribution in [1.29, 1.82) is 0 Å². The monoisotopic (exact) mass is 285 g/mol. The summed E-state index contributed by atoms with van der Waals surface area (Å²) >= 11 is 0. The van der Waals surface area contributed by atoms with Crippen molar-refractivity contribution in [2.75, 3.05) is 5.73 Å². The lowest BCUT2D eigenvalue weighted by Gasteiger charge is -2.20. The summed E-state index contributed by atoms with van der Waals surface area (Å²) in [5.74, 6) is 1.93. The van der Waals surface area contributed by atoms with Crippen LogP contribution < -0.4 is 10.5 Å². The van der Waals surface area contributed by atoms with Crippen molar-refractivity contribution in [1.82, 2.24) is 9.97 Å². The van der Waals surface area contributed by atoms with E-state index in [1.54, 1.807) is 6.07 Å². The summed E-state index contributed by atoms with van der Waals surface area (Å²) < 4.78 is 5.82. The van der Waals surface area contributed by atoms with Crippen molar-refractivity contribution in [3.05, 3.63) is 46.9 Å². The molecule has 0 fully saturated rings. The molecule has 0 bridgehead atoms. The number of benzene rings is 1. The first kappa shape index (κ1) is 15.3. The van der Waals surface area contributed by atoms with Crippen molar-refractivity contribution >= 4 is 5.82 Å². The number of nitrogens with two attached hydrogens (primary N) is 1. The van der Waals surface area contributed by atoms with Gasteiger partial charge in [-0.15, -0.1) is 0 Å². The summed E-state index contributed by atoms with van der Waals surface area (Å²) in [7, 11) is 0. The van der Waals surface area contributed by atoms with Crippen molar-refractivity contribution in [3.63, 3.8) is 0 Å². The van der Waals surface area contributed by atoms with Crippen LogP contribution in [0.25, 0.3) is 0 Å². The summed E-state index contributed by atoms with van der Waals surface area (Å²) in [6.07, 6.45) is 0. The summed E-state index contributed by atoms with van der Waals surface area (Å²) in [5.41, 5.74) is 9.11. The number of nitrogens with zero attached hydrogens (tertiary/aromatic N) is 2. The first-order valence-electron chi connectivity index (χ1n) is 7.09. The fourth-order valence-electron chi connectivity index (χ4n) is 2.14. The fraction of sp³-hybridized carbons (Fsp3) is 0.412. The molecule has 0 saturated carbocycles. The van der Waals surface area contributed by atoms with Crippen LogP contribution in [0.3, 0.4) is 0 Å². The van der Waals surface area contributed by atoms with Crippen molar-refractivity contribution in [2.24, 2.45) is 0 Å². The first-order chi connectivity index (χ1) is 9.75. The van der Waals surface area contributed by atoms with Gasteiger partial charge in [-0.25, -0.2) is 9.97 Å². The third kappa shape index (κ3) is 3.94. The molecule has 0 atom stereocenters. The molecule has 0 spiro atoms. The van der Waals surface area contributed by atoms with Crippen LogP contribution in [0.5, 0.6) is 5.75 Å². The number of hydrogen-bond donors (Lipinski definition) is 1. The third-order valence-corrected chi connectivity index (χ3v) is 3.32. The smallest absolute Gasteiger partial charge is 0.168 e. The minimum atomic E-state index is 0.136. The Morgan fingerprint density at radius 3 is 2.38 bits per heavy atom. The molecule has 2 N–H and O–H groups in total. The van der Waals surface area contributed by atoms with Gasteiger partial charge in [-0.05, 0) is 36.5 Å². The van der Waals surface area contributed by atoms with Gasteiger partial charge in [-0.3, -0.25) is 0 Å². The number of anilines is 1. The van der Waals surface area contributed by atoms with Crippen LogP contribution >= 0.6 is 0 Å². The van der Waals surface area contributed by atoms with Gasteiger partial charge in [0.1, 0.15) is 18.2 Å². The molecule has 2 aromatic rings. The van der Waals surface area contributed by atoms with E-state index in [2.05, 4.69) is 49.8 Å². The lowest BCUT2D eigenvalue weighted by Crippen LogP contribution is -2.11. The molecule has 1 aromatic heterocycles. The molecule has 1 aromatic carbocycles. The summed E-state index contributed by atoms with van der Waals surface area (Å²) in [5, 5.41) is 0. The Labute approximate surface area is 126 Å². The molecule has 4 nitrogen and oxygen atoms in total. The zero-order valence-corrected chi connectivity index (χ0v) is 13.4. The van der Waals surface area contributed by atoms with Crippen LogP contribution in [-0.2, 0) is 12.0 Å². The Morgan fingerprint density at radius 1 is 1.10 bits per heavy atom. The Kier molecular flexibility index (Phi) is 4.16. The Bertz CT molecular complexity index is 625. The molecule has 2 rings (SSSR count). The summed E-state index contributed by atoms with van der Waals surface area (Å²) in [6, 6.07) is 8.02. The number of nitrogen functional groups attached to an aromatic ring is 1. The van der Waals surface area contributed by atoms with Gasteiger partial charge < -0.3 is 10.5 Å². The van der Waals surface area contributed by atoms with Crippen LogP contribution in [-0.4, -0.2) is 9.97 Å². The number of rotatable bonds is 3. The van der Waals surface area contributed by atoms with E-state index in [0.717, 1.165) is 17.0 Å². The highest BCUT2D eigenvalue weighted by molar-refractivity contribution is 5.38. The molecule has 112 valence electrons. The minimum Gasteiger partial charge on any atom is -0.485 e. The van der Waals surface area contributed by atoms with E-state index in [-0.39, 0.29) is 5.41 Å². The fourth-order valence-corrected chi connectivity index (χ4v) is 2.14. The SMILES string of the molecule is Cc1cc(N)nc(COc2ccc(C(C)(C)C)cc2C)n1. The van der Waals surface area contributed by atoms with Crippen molar-refractivity contribution < 1.29 is 4.74 Å². The lowest BCUT2D eigenvalue weighted by molar-refractivity contribution is 0.293. The van der Waals surface area contributed by atoms with Gasteiger partial charge in [0, 0.05) is 11.8 Å². The number of aromatic nitrogens is 2. The average molecular weight is 285 g/mol. The predicted molar refractivity (Wildman–Crippen MR) is 85.4 cm³/mol. The maximum atomic E-state index is 5.82. The molecular weight excluding hydrogens is 262 g/mol. The van der Waals surface area contributed by atoms with Gasteiger partial charge in [-0.1, -0.05) is 32.9 Å². The second-order valence-corrected chi connectivity index (χ2v) is 6.37. The minimum absolute atomic E-state index is 0.136. The van der Waals surface area contributed by atoms with Gasteiger partial charge in [0.05, 0.1) is 0 Å². The molecule has 0 aliphatic carbocycles. The first-order valence-corrected chi connectivity index (χ1v) is 7.09. The van der Waals surface area contributed by atoms with E-state index >= 15 is 0 Å². The van der Waals surface area contributed by atoms with Crippen LogP contribution in [0, 0.1) is 13.8 Å². The van der Waals surface area contributed by atoms with E-state index in [4.69, 9.17) is 10.5 Å². The molecule has 4 heteroatoms. The molecule has 0 radical (unpaired) electrons. The zero-order chi connectivity index (χ0) is 15.6. The van der Waals surface area contributed by atoms with Crippen LogP contribution in [0.15, 0.2) is 24.3 Å². The van der Waals surface area contributed by atoms with Gasteiger partial charge in [-0.2, -0.15) is 0 Å². The second kappa shape index (κ2) is 5.72.